The summed E-state index contributed by atoms with van der Waals surface area (Å²) < 4.78 is 43.4. The lowest BCUT2D eigenvalue weighted by molar-refractivity contribution is -0.0498. The van der Waals surface area contributed by atoms with E-state index >= 15 is 0 Å². The third-order valence-corrected chi connectivity index (χ3v) is 3.22. The Bertz CT molecular complexity index is 800. The number of anilines is 1. The average Bonchev–Trinajstić information content (AvgIpc) is 2.76. The van der Waals surface area contributed by atoms with E-state index in [2.05, 4.69) is 9.84 Å². The summed E-state index contributed by atoms with van der Waals surface area (Å²) in [4.78, 5) is 0. The molecular formula is C15H12F3N3O. The van der Waals surface area contributed by atoms with Gasteiger partial charge < -0.3 is 10.5 Å². The van der Waals surface area contributed by atoms with E-state index in [1.807, 2.05) is 0 Å². The van der Waals surface area contributed by atoms with E-state index < -0.39 is 6.61 Å². The first-order valence-electron chi connectivity index (χ1n) is 6.48. The smallest absolute Gasteiger partial charge is 0.387 e. The number of benzene rings is 2. The molecule has 3 aromatic rings. The highest BCUT2D eigenvalue weighted by Gasteiger charge is 2.10. The van der Waals surface area contributed by atoms with Crippen LogP contribution in [0.15, 0.2) is 42.5 Å². The standard InChI is InChI=1S/C15H12F3N3O/c16-10-3-6-12-13(7-10)21(20-14(12)19)8-9-1-4-11(5-2-9)22-15(17)18/h1-7,15H,8H2,(H2,19,20). The third-order valence-electron chi connectivity index (χ3n) is 3.22. The Morgan fingerprint density at radius 2 is 1.86 bits per heavy atom. The van der Waals surface area contributed by atoms with Crippen LogP contribution < -0.4 is 10.5 Å². The Hall–Kier alpha value is -2.70. The number of nitrogen functional groups attached to an aromatic ring is 1. The maximum Gasteiger partial charge on any atom is 0.387 e. The van der Waals surface area contributed by atoms with Crippen LogP contribution in [0.25, 0.3) is 10.9 Å². The van der Waals surface area contributed by atoms with Gasteiger partial charge in [0.05, 0.1) is 12.1 Å². The molecule has 22 heavy (non-hydrogen) atoms. The third kappa shape index (κ3) is 2.83. The number of fused-ring (bicyclic) bond motifs is 1. The van der Waals surface area contributed by atoms with Crippen LogP contribution in [-0.2, 0) is 6.54 Å². The van der Waals surface area contributed by atoms with Crippen LogP contribution in [-0.4, -0.2) is 16.4 Å². The van der Waals surface area contributed by atoms with E-state index in [-0.39, 0.29) is 11.6 Å². The SMILES string of the molecule is Nc1nn(Cc2ccc(OC(F)F)cc2)c2cc(F)ccc12. The summed E-state index contributed by atoms with van der Waals surface area (Å²) in [5, 5.41) is 4.84. The van der Waals surface area contributed by atoms with E-state index in [9.17, 15) is 13.2 Å². The van der Waals surface area contributed by atoms with Crippen molar-refractivity contribution < 1.29 is 17.9 Å². The topological polar surface area (TPSA) is 53.1 Å². The zero-order valence-electron chi connectivity index (χ0n) is 11.3. The Balaban J connectivity index is 1.88. The average molecular weight is 307 g/mol. The van der Waals surface area contributed by atoms with Crippen molar-refractivity contribution in [2.24, 2.45) is 0 Å². The van der Waals surface area contributed by atoms with Gasteiger partial charge in [-0.15, -0.1) is 0 Å². The molecule has 3 rings (SSSR count). The summed E-state index contributed by atoms with van der Waals surface area (Å²) in [6.07, 6.45) is 0. The molecule has 0 saturated carbocycles. The van der Waals surface area contributed by atoms with Crippen LogP contribution >= 0.6 is 0 Å². The zero-order valence-corrected chi connectivity index (χ0v) is 11.3. The molecule has 0 unspecified atom stereocenters. The van der Waals surface area contributed by atoms with Crippen LogP contribution in [0.4, 0.5) is 19.0 Å². The molecule has 0 atom stereocenters. The van der Waals surface area contributed by atoms with Gasteiger partial charge in [-0.25, -0.2) is 4.39 Å². The molecule has 0 aliphatic carbocycles. The van der Waals surface area contributed by atoms with Crippen LogP contribution in [0.2, 0.25) is 0 Å². The number of hydrogen-bond donors (Lipinski definition) is 1. The van der Waals surface area contributed by atoms with Gasteiger partial charge in [-0.2, -0.15) is 13.9 Å². The Morgan fingerprint density at radius 1 is 1.14 bits per heavy atom. The number of rotatable bonds is 4. The first-order chi connectivity index (χ1) is 10.5. The quantitative estimate of drug-likeness (QED) is 0.803. The number of nitrogens with two attached hydrogens (primary N) is 1. The van der Waals surface area contributed by atoms with Gasteiger partial charge in [-0.3, -0.25) is 4.68 Å². The maximum absolute atomic E-state index is 13.4. The monoisotopic (exact) mass is 307 g/mol. The number of nitrogens with zero attached hydrogens (tertiary/aromatic N) is 2. The van der Waals surface area contributed by atoms with Crippen molar-refractivity contribution in [3.8, 4) is 5.75 Å². The van der Waals surface area contributed by atoms with Crippen molar-refractivity contribution in [1.29, 1.82) is 0 Å². The summed E-state index contributed by atoms with van der Waals surface area (Å²) in [5.74, 6) is 0.0108. The summed E-state index contributed by atoms with van der Waals surface area (Å²) in [7, 11) is 0. The highest BCUT2D eigenvalue weighted by atomic mass is 19.3. The molecule has 2 N–H and O–H groups in total. The van der Waals surface area contributed by atoms with E-state index in [1.54, 1.807) is 22.9 Å². The second-order valence-electron chi connectivity index (χ2n) is 4.73. The van der Waals surface area contributed by atoms with Crippen molar-refractivity contribution in [3.63, 3.8) is 0 Å². The van der Waals surface area contributed by atoms with Gasteiger partial charge in [0.2, 0.25) is 0 Å². The van der Waals surface area contributed by atoms with E-state index in [4.69, 9.17) is 5.73 Å². The van der Waals surface area contributed by atoms with Crippen LogP contribution in [0.5, 0.6) is 5.75 Å². The molecule has 1 aromatic heterocycles. The summed E-state index contributed by atoms with van der Waals surface area (Å²) >= 11 is 0. The van der Waals surface area contributed by atoms with Gasteiger partial charge in [-0.1, -0.05) is 12.1 Å². The predicted octanol–water partition coefficient (Wildman–Crippen LogP) is 3.41. The summed E-state index contributed by atoms with van der Waals surface area (Å²) in [6.45, 7) is -2.52. The highest BCUT2D eigenvalue weighted by molar-refractivity contribution is 5.89. The predicted molar refractivity (Wildman–Crippen MR) is 76.3 cm³/mol. The molecule has 2 aromatic carbocycles. The molecule has 7 heteroatoms. The molecule has 0 bridgehead atoms. The van der Waals surface area contributed by atoms with Gasteiger partial charge in [0.15, 0.2) is 5.82 Å². The fourth-order valence-electron chi connectivity index (χ4n) is 2.24. The number of aromatic nitrogens is 2. The summed E-state index contributed by atoms with van der Waals surface area (Å²) in [6, 6.07) is 10.4. The second kappa shape index (κ2) is 5.59. The minimum absolute atomic E-state index is 0.0784. The maximum atomic E-state index is 13.4. The van der Waals surface area contributed by atoms with Crippen LogP contribution in [0, 0.1) is 5.82 Å². The fourth-order valence-corrected chi connectivity index (χ4v) is 2.24. The van der Waals surface area contributed by atoms with Crippen molar-refractivity contribution >= 4 is 16.7 Å². The normalized spacial score (nSPS) is 11.3. The molecule has 1 heterocycles. The van der Waals surface area contributed by atoms with Gasteiger partial charge in [0, 0.05) is 5.39 Å². The van der Waals surface area contributed by atoms with Crippen molar-refractivity contribution in [2.45, 2.75) is 13.2 Å². The number of alkyl halides is 2. The fraction of sp³-hybridized carbons (Fsp3) is 0.133. The molecule has 4 nitrogen and oxygen atoms in total. The minimum Gasteiger partial charge on any atom is -0.435 e. The highest BCUT2D eigenvalue weighted by Crippen LogP contribution is 2.23. The zero-order chi connectivity index (χ0) is 15.7. The Morgan fingerprint density at radius 3 is 2.55 bits per heavy atom. The van der Waals surface area contributed by atoms with E-state index in [0.717, 1.165) is 5.56 Å². The number of halogens is 3. The number of hydrogen-bond acceptors (Lipinski definition) is 3. The Kier molecular flexibility index (Phi) is 3.62. The van der Waals surface area contributed by atoms with Gasteiger partial charge in [0.25, 0.3) is 0 Å². The molecule has 0 spiro atoms. The van der Waals surface area contributed by atoms with E-state index in [0.29, 0.717) is 23.3 Å². The van der Waals surface area contributed by atoms with Crippen molar-refractivity contribution in [2.75, 3.05) is 5.73 Å². The molecule has 114 valence electrons. The lowest BCUT2D eigenvalue weighted by Gasteiger charge is -2.07. The molecule has 0 saturated heterocycles. The summed E-state index contributed by atoms with van der Waals surface area (Å²) in [5.41, 5.74) is 7.18. The lowest BCUT2D eigenvalue weighted by atomic mass is 10.2. The minimum atomic E-state index is -2.86. The molecule has 0 aliphatic rings. The Labute approximate surface area is 123 Å². The number of ether oxygens (including phenoxy) is 1. The first-order valence-corrected chi connectivity index (χ1v) is 6.48. The van der Waals surface area contributed by atoms with Gasteiger partial charge in [0.1, 0.15) is 11.6 Å². The van der Waals surface area contributed by atoms with Crippen molar-refractivity contribution in [1.82, 2.24) is 9.78 Å². The first kappa shape index (κ1) is 14.2. The second-order valence-corrected chi connectivity index (χ2v) is 4.73. The van der Waals surface area contributed by atoms with Crippen LogP contribution in [0.1, 0.15) is 5.56 Å². The molecule has 0 aliphatic heterocycles. The van der Waals surface area contributed by atoms with Crippen LogP contribution in [0.3, 0.4) is 0 Å². The molecule has 0 radical (unpaired) electrons. The van der Waals surface area contributed by atoms with Gasteiger partial charge in [-0.05, 0) is 35.9 Å². The lowest BCUT2D eigenvalue weighted by Crippen LogP contribution is -2.04. The largest absolute Gasteiger partial charge is 0.435 e. The van der Waals surface area contributed by atoms with Gasteiger partial charge >= 0.3 is 6.61 Å². The van der Waals surface area contributed by atoms with E-state index in [1.165, 1.54) is 24.3 Å². The molecule has 0 amide bonds. The van der Waals surface area contributed by atoms with Crippen molar-refractivity contribution in [3.05, 3.63) is 53.8 Å². The molecule has 0 fully saturated rings. The molecular weight excluding hydrogens is 295 g/mol.